The number of carbonyl (C=O) groups excluding carboxylic acids is 3. The lowest BCUT2D eigenvalue weighted by molar-refractivity contribution is -0.144. The maximum Gasteiger partial charge on any atom is 0.330 e. The van der Waals surface area contributed by atoms with Gasteiger partial charge in [-0.2, -0.15) is 0 Å². The average Bonchev–Trinajstić information content (AvgIpc) is 2.85. The summed E-state index contributed by atoms with van der Waals surface area (Å²) in [5.74, 6) is -1.92. The number of hydrogen-bond acceptors (Lipinski definition) is 5. The van der Waals surface area contributed by atoms with Gasteiger partial charge < -0.3 is 0 Å². The number of hydrogen-bond donors (Lipinski definition) is 2. The Morgan fingerprint density at radius 1 is 1.24 bits per heavy atom. The zero-order valence-corrected chi connectivity index (χ0v) is 12.6. The molecule has 2 fully saturated rings. The highest BCUT2D eigenvalue weighted by atomic mass is 32.2. The molecule has 118 valence electrons. The summed E-state index contributed by atoms with van der Waals surface area (Å²) in [6, 6.07) is -0.783. The van der Waals surface area contributed by atoms with Gasteiger partial charge >= 0.3 is 6.03 Å². The van der Waals surface area contributed by atoms with Crippen LogP contribution in [0.5, 0.6) is 0 Å². The van der Waals surface area contributed by atoms with Crippen molar-refractivity contribution in [2.45, 2.75) is 25.7 Å². The minimum Gasteiger partial charge on any atom is -0.277 e. The third kappa shape index (κ3) is 3.79. The molecule has 21 heavy (non-hydrogen) atoms. The fraction of sp³-hybridized carbons (Fsp3) is 0.750. The second kappa shape index (κ2) is 6.10. The average molecular weight is 317 g/mol. The van der Waals surface area contributed by atoms with Gasteiger partial charge in [-0.15, -0.1) is 0 Å². The van der Waals surface area contributed by atoms with Crippen LogP contribution in [0.25, 0.3) is 0 Å². The SMILES string of the molecule is CS(=O)(=O)NCCN1C(=O)NC(=O)C(C2CCCC2)C1=O. The summed E-state index contributed by atoms with van der Waals surface area (Å²) in [4.78, 5) is 36.9. The largest absolute Gasteiger partial charge is 0.330 e. The van der Waals surface area contributed by atoms with E-state index in [0.717, 1.165) is 36.8 Å². The molecule has 1 saturated heterocycles. The van der Waals surface area contributed by atoms with E-state index >= 15 is 0 Å². The first kappa shape index (κ1) is 15.9. The van der Waals surface area contributed by atoms with Crippen LogP contribution in [0.3, 0.4) is 0 Å². The van der Waals surface area contributed by atoms with Crippen molar-refractivity contribution in [1.82, 2.24) is 14.9 Å². The third-order valence-corrected chi connectivity index (χ3v) is 4.59. The highest BCUT2D eigenvalue weighted by molar-refractivity contribution is 7.88. The Hall–Kier alpha value is -1.48. The van der Waals surface area contributed by atoms with E-state index in [9.17, 15) is 22.8 Å². The molecule has 0 spiro atoms. The Balaban J connectivity index is 2.04. The Kier molecular flexibility index (Phi) is 4.62. The number of barbiturate groups is 1. The molecule has 9 heteroatoms. The van der Waals surface area contributed by atoms with Crippen LogP contribution in [0.4, 0.5) is 4.79 Å². The summed E-state index contributed by atoms with van der Waals surface area (Å²) in [6.45, 7) is -0.155. The smallest absolute Gasteiger partial charge is 0.277 e. The zero-order valence-electron chi connectivity index (χ0n) is 11.8. The number of amides is 4. The monoisotopic (exact) mass is 317 g/mol. The quantitative estimate of drug-likeness (QED) is 0.659. The minimum atomic E-state index is -3.39. The van der Waals surface area contributed by atoms with Crippen molar-refractivity contribution in [3.05, 3.63) is 0 Å². The van der Waals surface area contributed by atoms with Crippen LogP contribution in [-0.4, -0.2) is 50.5 Å². The van der Waals surface area contributed by atoms with E-state index in [4.69, 9.17) is 0 Å². The summed E-state index contributed by atoms with van der Waals surface area (Å²) in [7, 11) is -3.39. The van der Waals surface area contributed by atoms with E-state index in [-0.39, 0.29) is 19.0 Å². The van der Waals surface area contributed by atoms with Gasteiger partial charge in [0.1, 0.15) is 5.92 Å². The Labute approximate surface area is 123 Å². The summed E-state index contributed by atoms with van der Waals surface area (Å²) in [6.07, 6.45) is 4.55. The number of urea groups is 1. The van der Waals surface area contributed by atoms with Gasteiger partial charge in [-0.1, -0.05) is 12.8 Å². The lowest BCUT2D eigenvalue weighted by atomic mass is 9.87. The maximum absolute atomic E-state index is 12.4. The normalized spacial score (nSPS) is 24.5. The van der Waals surface area contributed by atoms with Crippen molar-refractivity contribution in [2.75, 3.05) is 19.3 Å². The number of sulfonamides is 1. The maximum atomic E-state index is 12.4. The van der Waals surface area contributed by atoms with E-state index < -0.39 is 33.8 Å². The van der Waals surface area contributed by atoms with Gasteiger partial charge in [-0.25, -0.2) is 17.9 Å². The molecule has 0 bridgehead atoms. The standard InChI is InChI=1S/C12H19N3O5S/c1-21(19,20)13-6-7-15-11(17)9(8-4-2-3-5-8)10(16)14-12(15)18/h8-9,13H,2-7H2,1H3,(H,14,16,18). The zero-order chi connectivity index (χ0) is 15.6. The molecule has 4 amide bonds. The second-order valence-corrected chi connectivity index (χ2v) is 7.31. The number of rotatable bonds is 5. The molecular weight excluding hydrogens is 298 g/mol. The molecule has 1 heterocycles. The summed E-state index contributed by atoms with van der Waals surface area (Å²) < 4.78 is 24.2. The lowest BCUT2D eigenvalue weighted by Gasteiger charge is -2.32. The van der Waals surface area contributed by atoms with E-state index in [1.165, 1.54) is 0 Å². The molecule has 1 aliphatic carbocycles. The van der Waals surface area contributed by atoms with Gasteiger partial charge in [0, 0.05) is 13.1 Å². The lowest BCUT2D eigenvalue weighted by Crippen LogP contribution is -2.60. The molecule has 8 nitrogen and oxygen atoms in total. The highest BCUT2D eigenvalue weighted by Crippen LogP contribution is 2.33. The van der Waals surface area contributed by atoms with Gasteiger partial charge in [0.15, 0.2) is 0 Å². The molecule has 2 aliphatic rings. The van der Waals surface area contributed by atoms with Gasteiger partial charge in [0.2, 0.25) is 21.8 Å². The van der Waals surface area contributed by atoms with Crippen molar-refractivity contribution >= 4 is 27.9 Å². The molecule has 0 aromatic rings. The Bertz CT molecular complexity index is 553. The van der Waals surface area contributed by atoms with Crippen molar-refractivity contribution in [3.8, 4) is 0 Å². The van der Waals surface area contributed by atoms with Gasteiger partial charge in [0.05, 0.1) is 6.26 Å². The van der Waals surface area contributed by atoms with Crippen molar-refractivity contribution in [1.29, 1.82) is 0 Å². The number of imide groups is 2. The fourth-order valence-corrected chi connectivity index (χ4v) is 3.35. The first-order chi connectivity index (χ1) is 9.79. The molecule has 2 rings (SSSR count). The first-order valence-electron chi connectivity index (χ1n) is 6.90. The van der Waals surface area contributed by atoms with E-state index in [1.807, 2.05) is 0 Å². The van der Waals surface area contributed by atoms with Crippen LogP contribution in [0.15, 0.2) is 0 Å². The number of carbonyl (C=O) groups is 3. The number of nitrogens with one attached hydrogen (secondary N) is 2. The van der Waals surface area contributed by atoms with E-state index in [0.29, 0.717) is 0 Å². The van der Waals surface area contributed by atoms with Crippen LogP contribution in [0.1, 0.15) is 25.7 Å². The molecule has 0 radical (unpaired) electrons. The van der Waals surface area contributed by atoms with E-state index in [1.54, 1.807) is 0 Å². The van der Waals surface area contributed by atoms with Crippen LogP contribution in [0, 0.1) is 11.8 Å². The molecule has 1 atom stereocenters. The van der Waals surface area contributed by atoms with Crippen LogP contribution >= 0.6 is 0 Å². The molecule has 2 N–H and O–H groups in total. The highest BCUT2D eigenvalue weighted by Gasteiger charge is 2.44. The molecular formula is C12H19N3O5S. The predicted molar refractivity (Wildman–Crippen MR) is 73.5 cm³/mol. The molecule has 0 aromatic carbocycles. The topological polar surface area (TPSA) is 113 Å². The molecule has 1 unspecified atom stereocenters. The Morgan fingerprint density at radius 2 is 1.86 bits per heavy atom. The second-order valence-electron chi connectivity index (χ2n) is 5.47. The van der Waals surface area contributed by atoms with Crippen molar-refractivity contribution in [3.63, 3.8) is 0 Å². The fourth-order valence-electron chi connectivity index (χ4n) is 2.89. The van der Waals surface area contributed by atoms with Crippen LogP contribution in [-0.2, 0) is 19.6 Å². The minimum absolute atomic E-state index is 0.0315. The summed E-state index contributed by atoms with van der Waals surface area (Å²) in [5, 5.41) is 2.18. The summed E-state index contributed by atoms with van der Waals surface area (Å²) >= 11 is 0. The molecule has 1 aliphatic heterocycles. The van der Waals surface area contributed by atoms with Crippen molar-refractivity contribution < 1.29 is 22.8 Å². The van der Waals surface area contributed by atoms with Gasteiger partial charge in [-0.3, -0.25) is 19.8 Å². The number of nitrogens with zero attached hydrogens (tertiary/aromatic N) is 1. The molecule has 0 aromatic heterocycles. The van der Waals surface area contributed by atoms with Crippen LogP contribution in [0.2, 0.25) is 0 Å². The van der Waals surface area contributed by atoms with Crippen LogP contribution < -0.4 is 10.0 Å². The van der Waals surface area contributed by atoms with E-state index in [2.05, 4.69) is 10.0 Å². The summed E-state index contributed by atoms with van der Waals surface area (Å²) in [5.41, 5.74) is 0. The molecule has 1 saturated carbocycles. The van der Waals surface area contributed by atoms with Gasteiger partial charge in [-0.05, 0) is 18.8 Å². The third-order valence-electron chi connectivity index (χ3n) is 3.86. The first-order valence-corrected chi connectivity index (χ1v) is 8.79. The van der Waals surface area contributed by atoms with Crippen molar-refractivity contribution in [2.24, 2.45) is 11.8 Å². The predicted octanol–water partition coefficient (Wildman–Crippen LogP) is -0.580. The van der Waals surface area contributed by atoms with Gasteiger partial charge in [0.25, 0.3) is 0 Å². The Morgan fingerprint density at radius 3 is 2.43 bits per heavy atom.